The minimum Gasteiger partial charge on any atom is -0.444 e. The molecule has 6 heteroatoms. The third kappa shape index (κ3) is 3.57. The molecule has 0 saturated heterocycles. The maximum absolute atomic E-state index is 12.8. The van der Waals surface area contributed by atoms with Crippen LogP contribution in [0.1, 0.15) is 5.69 Å². The summed E-state index contributed by atoms with van der Waals surface area (Å²) >= 11 is 1.46. The van der Waals surface area contributed by atoms with Crippen LogP contribution in [0.15, 0.2) is 87.9 Å². The lowest BCUT2D eigenvalue weighted by molar-refractivity contribution is 0.573. The molecule has 4 rings (SSSR count). The largest absolute Gasteiger partial charge is 0.444 e. The van der Waals surface area contributed by atoms with E-state index in [2.05, 4.69) is 16.5 Å². The molecule has 2 aromatic heterocycles. The second-order valence-corrected chi connectivity index (χ2v) is 6.86. The molecule has 0 bridgehead atoms. The third-order valence-electron chi connectivity index (χ3n) is 4.06. The van der Waals surface area contributed by atoms with Crippen molar-refractivity contribution in [2.75, 3.05) is 0 Å². The lowest BCUT2D eigenvalue weighted by Crippen LogP contribution is -2.22. The van der Waals surface area contributed by atoms with Crippen LogP contribution >= 0.6 is 11.8 Å². The van der Waals surface area contributed by atoms with Crippen molar-refractivity contribution in [1.82, 2.24) is 14.5 Å². The fourth-order valence-electron chi connectivity index (χ4n) is 2.77. The van der Waals surface area contributed by atoms with E-state index in [-0.39, 0.29) is 5.56 Å². The molecule has 5 nitrogen and oxygen atoms in total. The molecule has 0 spiro atoms. The quantitative estimate of drug-likeness (QED) is 0.281. The summed E-state index contributed by atoms with van der Waals surface area (Å²) in [6, 6.07) is 17.1. The molecule has 0 aliphatic carbocycles. The SMILES string of the molecule is C=CCn1c(SCc2coc(-c3ccccc3)n2)nc2ccccc2c1=O. The summed E-state index contributed by atoms with van der Waals surface area (Å²) < 4.78 is 7.22. The first-order valence-corrected chi connectivity index (χ1v) is 9.48. The highest BCUT2D eigenvalue weighted by Gasteiger charge is 2.12. The van der Waals surface area contributed by atoms with Crippen molar-refractivity contribution in [2.24, 2.45) is 0 Å². The number of benzene rings is 2. The van der Waals surface area contributed by atoms with Gasteiger partial charge in [0.05, 0.1) is 16.6 Å². The van der Waals surface area contributed by atoms with E-state index in [9.17, 15) is 4.79 Å². The summed E-state index contributed by atoms with van der Waals surface area (Å²) in [5.41, 5.74) is 2.36. The number of aromatic nitrogens is 3. The minimum absolute atomic E-state index is 0.0619. The Morgan fingerprint density at radius 3 is 2.67 bits per heavy atom. The maximum Gasteiger partial charge on any atom is 0.262 e. The number of nitrogens with zero attached hydrogens (tertiary/aromatic N) is 3. The van der Waals surface area contributed by atoms with E-state index in [1.54, 1.807) is 23.0 Å². The molecule has 0 atom stereocenters. The van der Waals surface area contributed by atoms with Crippen molar-refractivity contribution >= 4 is 22.7 Å². The Kier molecular flexibility index (Phi) is 4.89. The molecule has 0 aliphatic heterocycles. The van der Waals surface area contributed by atoms with Gasteiger partial charge in [-0.3, -0.25) is 9.36 Å². The lowest BCUT2D eigenvalue weighted by Gasteiger charge is -2.10. The summed E-state index contributed by atoms with van der Waals surface area (Å²) in [4.78, 5) is 22.0. The third-order valence-corrected chi connectivity index (χ3v) is 5.07. The van der Waals surface area contributed by atoms with Gasteiger partial charge in [-0.25, -0.2) is 9.97 Å². The fourth-order valence-corrected chi connectivity index (χ4v) is 3.66. The van der Waals surface area contributed by atoms with Crippen LogP contribution in [0.4, 0.5) is 0 Å². The van der Waals surface area contributed by atoms with Crippen LogP contribution in [-0.4, -0.2) is 14.5 Å². The summed E-state index contributed by atoms with van der Waals surface area (Å²) in [7, 11) is 0. The van der Waals surface area contributed by atoms with Crippen LogP contribution in [0.2, 0.25) is 0 Å². The maximum atomic E-state index is 12.8. The number of para-hydroxylation sites is 1. The van der Waals surface area contributed by atoms with Gasteiger partial charge >= 0.3 is 0 Å². The second-order valence-electron chi connectivity index (χ2n) is 5.91. The fraction of sp³-hybridized carbons (Fsp3) is 0.0952. The molecule has 134 valence electrons. The van der Waals surface area contributed by atoms with Gasteiger partial charge in [-0.1, -0.05) is 48.2 Å². The zero-order valence-corrected chi connectivity index (χ0v) is 15.4. The van der Waals surface area contributed by atoms with Crippen molar-refractivity contribution in [3.63, 3.8) is 0 Å². The monoisotopic (exact) mass is 375 g/mol. The molecule has 0 N–H and O–H groups in total. The van der Waals surface area contributed by atoms with Gasteiger partial charge in [0, 0.05) is 17.9 Å². The highest BCUT2D eigenvalue weighted by Crippen LogP contribution is 2.24. The van der Waals surface area contributed by atoms with Crippen LogP contribution in [-0.2, 0) is 12.3 Å². The molecular formula is C21H17N3O2S. The highest BCUT2D eigenvalue weighted by atomic mass is 32.2. The van der Waals surface area contributed by atoms with Gasteiger partial charge in [0.1, 0.15) is 6.26 Å². The smallest absolute Gasteiger partial charge is 0.262 e. The first-order chi connectivity index (χ1) is 13.3. The summed E-state index contributed by atoms with van der Waals surface area (Å²) in [5, 5.41) is 1.25. The zero-order valence-electron chi connectivity index (χ0n) is 14.5. The number of oxazole rings is 1. The number of hydrogen-bond acceptors (Lipinski definition) is 5. The normalized spacial score (nSPS) is 11.0. The predicted molar refractivity (Wildman–Crippen MR) is 108 cm³/mol. The first-order valence-electron chi connectivity index (χ1n) is 8.49. The van der Waals surface area contributed by atoms with Crippen LogP contribution in [0.25, 0.3) is 22.4 Å². The van der Waals surface area contributed by atoms with E-state index in [4.69, 9.17) is 4.42 Å². The van der Waals surface area contributed by atoms with Crippen LogP contribution in [0.3, 0.4) is 0 Å². The Morgan fingerprint density at radius 2 is 1.85 bits per heavy atom. The Hall–Kier alpha value is -3.12. The van der Waals surface area contributed by atoms with Crippen molar-refractivity contribution in [3.05, 3.63) is 89.6 Å². The molecule has 2 heterocycles. The number of rotatable bonds is 6. The number of fused-ring (bicyclic) bond motifs is 1. The topological polar surface area (TPSA) is 60.9 Å². The van der Waals surface area contributed by atoms with Crippen molar-refractivity contribution < 1.29 is 4.42 Å². The molecular weight excluding hydrogens is 358 g/mol. The molecule has 2 aromatic carbocycles. The van der Waals surface area contributed by atoms with Gasteiger partial charge in [-0.05, 0) is 24.3 Å². The van der Waals surface area contributed by atoms with Crippen LogP contribution < -0.4 is 5.56 Å². The van der Waals surface area contributed by atoms with Crippen molar-refractivity contribution in [1.29, 1.82) is 0 Å². The Balaban J connectivity index is 1.62. The average Bonchev–Trinajstić information content (AvgIpc) is 3.19. The molecule has 0 radical (unpaired) electrons. The number of allylic oxidation sites excluding steroid dienone is 1. The molecule has 0 unspecified atom stereocenters. The number of thioether (sulfide) groups is 1. The van der Waals surface area contributed by atoms with E-state index in [0.717, 1.165) is 11.3 Å². The van der Waals surface area contributed by atoms with Gasteiger partial charge in [-0.2, -0.15) is 0 Å². The summed E-state index contributed by atoms with van der Waals surface area (Å²) in [6.45, 7) is 4.16. The molecule has 0 saturated carbocycles. The van der Waals surface area contributed by atoms with Gasteiger partial charge in [0.2, 0.25) is 5.89 Å². The Bertz CT molecular complexity index is 1150. The number of hydrogen-bond donors (Lipinski definition) is 0. The van der Waals surface area contributed by atoms with Gasteiger partial charge in [-0.15, -0.1) is 6.58 Å². The molecule has 0 aliphatic rings. The average molecular weight is 375 g/mol. The van der Waals surface area contributed by atoms with E-state index in [1.807, 2.05) is 48.5 Å². The van der Waals surface area contributed by atoms with E-state index < -0.39 is 0 Å². The van der Waals surface area contributed by atoms with E-state index >= 15 is 0 Å². The van der Waals surface area contributed by atoms with Gasteiger partial charge in [0.25, 0.3) is 5.56 Å². The van der Waals surface area contributed by atoms with Gasteiger partial charge < -0.3 is 4.42 Å². The van der Waals surface area contributed by atoms with Crippen molar-refractivity contribution in [3.8, 4) is 11.5 Å². The highest BCUT2D eigenvalue weighted by molar-refractivity contribution is 7.98. The van der Waals surface area contributed by atoms with Crippen molar-refractivity contribution in [2.45, 2.75) is 17.5 Å². The predicted octanol–water partition coefficient (Wildman–Crippen LogP) is 4.53. The minimum atomic E-state index is -0.0619. The lowest BCUT2D eigenvalue weighted by atomic mass is 10.2. The van der Waals surface area contributed by atoms with E-state index in [1.165, 1.54) is 11.8 Å². The van der Waals surface area contributed by atoms with Crippen LogP contribution in [0.5, 0.6) is 0 Å². The Labute approximate surface area is 160 Å². The second kappa shape index (κ2) is 7.63. The molecule has 27 heavy (non-hydrogen) atoms. The Morgan fingerprint density at radius 1 is 1.07 bits per heavy atom. The van der Waals surface area contributed by atoms with Gasteiger partial charge in [0.15, 0.2) is 5.16 Å². The molecule has 0 amide bonds. The zero-order chi connectivity index (χ0) is 18.6. The standard InChI is InChI=1S/C21H17N3O2S/c1-2-12-24-20(25)17-10-6-7-11-18(17)23-21(24)27-14-16-13-26-19(22-16)15-8-4-3-5-9-15/h2-11,13H,1,12,14H2. The molecule has 4 aromatic rings. The first kappa shape index (κ1) is 17.3. The summed E-state index contributed by atoms with van der Waals surface area (Å²) in [6.07, 6.45) is 3.35. The summed E-state index contributed by atoms with van der Waals surface area (Å²) in [5.74, 6) is 1.14. The van der Waals surface area contributed by atoms with Crippen LogP contribution in [0, 0.1) is 0 Å². The van der Waals surface area contributed by atoms with E-state index in [0.29, 0.717) is 34.2 Å². The molecule has 0 fully saturated rings.